The van der Waals surface area contributed by atoms with Crippen LogP contribution in [0.4, 0.5) is 0 Å². The summed E-state index contributed by atoms with van der Waals surface area (Å²) in [6, 6.07) is 0.0880. The van der Waals surface area contributed by atoms with Crippen molar-refractivity contribution in [3.05, 3.63) is 0 Å². The number of rotatable bonds is 10. The number of aliphatic imine (C=N–C) groups is 1. The minimum absolute atomic E-state index is 0. The molecular weight excluding hydrogens is 451 g/mol. The van der Waals surface area contributed by atoms with E-state index in [9.17, 15) is 8.42 Å². The molecule has 0 aromatic rings. The zero-order valence-corrected chi connectivity index (χ0v) is 19.2. The van der Waals surface area contributed by atoms with E-state index in [4.69, 9.17) is 0 Å². The van der Waals surface area contributed by atoms with Crippen molar-refractivity contribution in [2.24, 2.45) is 4.99 Å². The van der Waals surface area contributed by atoms with Crippen molar-refractivity contribution < 1.29 is 8.42 Å². The van der Waals surface area contributed by atoms with Gasteiger partial charge in [-0.05, 0) is 58.7 Å². The van der Waals surface area contributed by atoms with Crippen molar-refractivity contribution in [1.82, 2.24) is 15.5 Å². The number of sulfone groups is 1. The molecular formula is C17H37IN4O2S. The van der Waals surface area contributed by atoms with Crippen LogP contribution in [-0.2, 0) is 9.84 Å². The SMILES string of the molecule is CN=C(NCCCCCN1CCCCC1)NC(C)CCS(C)(=O)=O.I. The van der Waals surface area contributed by atoms with Crippen LogP contribution in [0.2, 0.25) is 0 Å². The van der Waals surface area contributed by atoms with E-state index in [-0.39, 0.29) is 35.8 Å². The minimum atomic E-state index is -2.90. The molecule has 1 aliphatic rings. The van der Waals surface area contributed by atoms with Crippen LogP contribution >= 0.6 is 24.0 Å². The third-order valence-electron chi connectivity index (χ3n) is 4.42. The molecule has 25 heavy (non-hydrogen) atoms. The number of piperidine rings is 1. The number of nitrogens with zero attached hydrogens (tertiary/aromatic N) is 2. The van der Waals surface area contributed by atoms with Gasteiger partial charge in [-0.25, -0.2) is 8.42 Å². The van der Waals surface area contributed by atoms with E-state index in [2.05, 4.69) is 20.5 Å². The number of hydrogen-bond acceptors (Lipinski definition) is 4. The third kappa shape index (κ3) is 13.7. The van der Waals surface area contributed by atoms with Gasteiger partial charge < -0.3 is 15.5 Å². The molecule has 1 unspecified atom stereocenters. The predicted octanol–water partition coefficient (Wildman–Crippen LogP) is 2.25. The average molecular weight is 488 g/mol. The molecule has 1 fully saturated rings. The number of likely N-dealkylation sites (tertiary alicyclic amines) is 1. The Morgan fingerprint density at radius 1 is 1.16 bits per heavy atom. The summed E-state index contributed by atoms with van der Waals surface area (Å²) in [5.41, 5.74) is 0. The summed E-state index contributed by atoms with van der Waals surface area (Å²) in [6.45, 7) is 6.67. The van der Waals surface area contributed by atoms with E-state index >= 15 is 0 Å². The largest absolute Gasteiger partial charge is 0.356 e. The second-order valence-corrected chi connectivity index (χ2v) is 9.19. The maximum atomic E-state index is 11.2. The van der Waals surface area contributed by atoms with Gasteiger partial charge in [0.15, 0.2) is 5.96 Å². The summed E-state index contributed by atoms with van der Waals surface area (Å²) in [4.78, 5) is 6.78. The standard InChI is InChI=1S/C17H36N4O2S.HI/c1-16(10-15-24(3,22)23)20-17(18-2)19-11-6-4-7-12-21-13-8-5-9-14-21;/h16H,4-15H2,1-3H3,(H2,18,19,20);1H. The summed E-state index contributed by atoms with van der Waals surface area (Å²) in [5.74, 6) is 0.960. The van der Waals surface area contributed by atoms with E-state index in [1.165, 1.54) is 58.0 Å². The molecule has 8 heteroatoms. The summed E-state index contributed by atoms with van der Waals surface area (Å²) in [7, 11) is -1.16. The topological polar surface area (TPSA) is 73.8 Å². The summed E-state index contributed by atoms with van der Waals surface area (Å²) in [5, 5.41) is 6.56. The lowest BCUT2D eigenvalue weighted by molar-refractivity contribution is 0.224. The lowest BCUT2D eigenvalue weighted by Crippen LogP contribution is -2.43. The van der Waals surface area contributed by atoms with E-state index in [0.717, 1.165) is 18.9 Å². The quantitative estimate of drug-likeness (QED) is 0.214. The first kappa shape index (κ1) is 24.9. The van der Waals surface area contributed by atoms with Gasteiger partial charge in [-0.1, -0.05) is 12.8 Å². The highest BCUT2D eigenvalue weighted by atomic mass is 127. The lowest BCUT2D eigenvalue weighted by atomic mass is 10.1. The first-order chi connectivity index (χ1) is 11.4. The summed E-state index contributed by atoms with van der Waals surface area (Å²) >= 11 is 0. The van der Waals surface area contributed by atoms with Gasteiger partial charge in [-0.2, -0.15) is 0 Å². The van der Waals surface area contributed by atoms with Gasteiger partial charge in [-0.15, -0.1) is 24.0 Å². The zero-order valence-electron chi connectivity index (χ0n) is 16.1. The van der Waals surface area contributed by atoms with Crippen LogP contribution in [-0.4, -0.2) is 70.6 Å². The highest BCUT2D eigenvalue weighted by molar-refractivity contribution is 14.0. The second kappa shape index (κ2) is 14.0. The molecule has 1 heterocycles. The summed E-state index contributed by atoms with van der Waals surface area (Å²) in [6.07, 6.45) is 9.61. The van der Waals surface area contributed by atoms with E-state index in [1.54, 1.807) is 7.05 Å². The Morgan fingerprint density at radius 3 is 2.44 bits per heavy atom. The van der Waals surface area contributed by atoms with Gasteiger partial charge in [0, 0.05) is 25.9 Å². The van der Waals surface area contributed by atoms with Gasteiger partial charge in [-0.3, -0.25) is 4.99 Å². The maximum Gasteiger partial charge on any atom is 0.191 e. The smallest absolute Gasteiger partial charge is 0.191 e. The Kier molecular flexibility index (Phi) is 14.0. The van der Waals surface area contributed by atoms with Gasteiger partial charge in [0.05, 0.1) is 5.75 Å². The van der Waals surface area contributed by atoms with Crippen molar-refractivity contribution in [2.45, 2.75) is 57.9 Å². The van der Waals surface area contributed by atoms with Crippen LogP contribution in [0.1, 0.15) is 51.9 Å². The van der Waals surface area contributed by atoms with E-state index in [0.29, 0.717) is 6.42 Å². The number of unbranched alkanes of at least 4 members (excludes halogenated alkanes) is 2. The molecule has 1 saturated heterocycles. The third-order valence-corrected chi connectivity index (χ3v) is 5.40. The van der Waals surface area contributed by atoms with Crippen LogP contribution in [0.3, 0.4) is 0 Å². The number of nitrogens with one attached hydrogen (secondary N) is 2. The van der Waals surface area contributed by atoms with Crippen molar-refractivity contribution in [1.29, 1.82) is 0 Å². The first-order valence-corrected chi connectivity index (χ1v) is 11.3. The van der Waals surface area contributed by atoms with E-state index in [1.807, 2.05) is 6.92 Å². The fourth-order valence-corrected chi connectivity index (χ4v) is 3.70. The highest BCUT2D eigenvalue weighted by Crippen LogP contribution is 2.09. The maximum absolute atomic E-state index is 11.2. The molecule has 0 radical (unpaired) electrons. The van der Waals surface area contributed by atoms with Gasteiger partial charge in [0.1, 0.15) is 9.84 Å². The average Bonchev–Trinajstić information content (AvgIpc) is 2.55. The van der Waals surface area contributed by atoms with Crippen molar-refractivity contribution in [2.75, 3.05) is 45.2 Å². The molecule has 0 saturated carbocycles. The van der Waals surface area contributed by atoms with Crippen LogP contribution in [0.15, 0.2) is 4.99 Å². The van der Waals surface area contributed by atoms with Crippen LogP contribution in [0.5, 0.6) is 0 Å². The monoisotopic (exact) mass is 488 g/mol. The van der Waals surface area contributed by atoms with Gasteiger partial charge in [0.2, 0.25) is 0 Å². The molecule has 2 N–H and O–H groups in total. The normalized spacial score (nSPS) is 17.6. The van der Waals surface area contributed by atoms with Crippen LogP contribution in [0, 0.1) is 0 Å². The molecule has 1 rings (SSSR count). The number of hydrogen-bond donors (Lipinski definition) is 2. The van der Waals surface area contributed by atoms with E-state index < -0.39 is 9.84 Å². The Hall–Kier alpha value is -0.0900. The molecule has 0 aliphatic carbocycles. The van der Waals surface area contributed by atoms with Crippen LogP contribution < -0.4 is 10.6 Å². The van der Waals surface area contributed by atoms with Crippen LogP contribution in [0.25, 0.3) is 0 Å². The van der Waals surface area contributed by atoms with Gasteiger partial charge >= 0.3 is 0 Å². The first-order valence-electron chi connectivity index (χ1n) is 9.28. The molecule has 150 valence electrons. The molecule has 0 amide bonds. The van der Waals surface area contributed by atoms with Crippen molar-refractivity contribution >= 4 is 39.8 Å². The predicted molar refractivity (Wildman–Crippen MR) is 118 cm³/mol. The molecule has 0 spiro atoms. The highest BCUT2D eigenvalue weighted by Gasteiger charge is 2.10. The molecule has 0 bridgehead atoms. The molecule has 1 aliphatic heterocycles. The number of halogens is 1. The Bertz CT molecular complexity index is 465. The Balaban J connectivity index is 0.00000576. The fraction of sp³-hybridized carbons (Fsp3) is 0.941. The number of guanidine groups is 1. The lowest BCUT2D eigenvalue weighted by Gasteiger charge is -2.26. The minimum Gasteiger partial charge on any atom is -0.356 e. The fourth-order valence-electron chi connectivity index (χ4n) is 2.92. The summed E-state index contributed by atoms with van der Waals surface area (Å²) < 4.78 is 22.4. The molecule has 6 nitrogen and oxygen atoms in total. The van der Waals surface area contributed by atoms with Gasteiger partial charge in [0.25, 0.3) is 0 Å². The Morgan fingerprint density at radius 2 is 1.84 bits per heavy atom. The second-order valence-electron chi connectivity index (χ2n) is 6.93. The molecule has 0 aromatic carbocycles. The molecule has 0 aromatic heterocycles. The Labute approximate surface area is 171 Å². The van der Waals surface area contributed by atoms with Crippen molar-refractivity contribution in [3.63, 3.8) is 0 Å². The zero-order chi connectivity index (χ0) is 17.8. The molecule has 1 atom stereocenters. The van der Waals surface area contributed by atoms with Crippen molar-refractivity contribution in [3.8, 4) is 0 Å².